The fourth-order valence-electron chi connectivity index (χ4n) is 2.34. The molecule has 0 unspecified atom stereocenters. The summed E-state index contributed by atoms with van der Waals surface area (Å²) in [5, 5.41) is 2.05. The van der Waals surface area contributed by atoms with Crippen LogP contribution in [0.1, 0.15) is 32.3 Å². The van der Waals surface area contributed by atoms with Gasteiger partial charge < -0.3 is 0 Å². The van der Waals surface area contributed by atoms with Crippen LogP contribution in [-0.2, 0) is 0 Å². The fraction of sp³-hybridized carbons (Fsp3) is 0.333. The van der Waals surface area contributed by atoms with Crippen LogP contribution in [0.3, 0.4) is 0 Å². The maximum Gasteiger partial charge on any atom is 0.139 e. The quantitative estimate of drug-likeness (QED) is 0.629. The molecule has 0 atom stereocenters. The van der Waals surface area contributed by atoms with E-state index in [-0.39, 0.29) is 5.82 Å². The van der Waals surface area contributed by atoms with E-state index in [0.717, 1.165) is 23.3 Å². The Morgan fingerprint density at radius 3 is 2.75 bits per heavy atom. The van der Waals surface area contributed by atoms with E-state index in [1.807, 2.05) is 6.07 Å². The van der Waals surface area contributed by atoms with Crippen molar-refractivity contribution in [3.05, 3.63) is 34.0 Å². The van der Waals surface area contributed by atoms with Gasteiger partial charge in [-0.3, -0.25) is 0 Å². The zero-order chi connectivity index (χ0) is 11.7. The molecule has 1 aliphatic carbocycles. The lowest BCUT2D eigenvalue weighted by Crippen LogP contribution is -2.34. The molecule has 0 aromatic heterocycles. The number of rotatable bonds is 1. The Hall–Kier alpha value is -1.55. The van der Waals surface area contributed by atoms with Crippen molar-refractivity contribution >= 4 is 11.6 Å². The van der Waals surface area contributed by atoms with Gasteiger partial charge in [-0.25, -0.2) is 4.39 Å². The average molecular weight is 214 g/mol. The highest BCUT2D eigenvalue weighted by molar-refractivity contribution is 5.57. The van der Waals surface area contributed by atoms with Crippen molar-refractivity contribution in [1.29, 1.82) is 0 Å². The summed E-state index contributed by atoms with van der Waals surface area (Å²) < 4.78 is 13.6. The molecule has 0 N–H and O–H groups in total. The van der Waals surface area contributed by atoms with E-state index in [1.54, 1.807) is 0 Å². The van der Waals surface area contributed by atoms with Gasteiger partial charge in [0.25, 0.3) is 0 Å². The smallest absolute Gasteiger partial charge is 0.139 e. The van der Waals surface area contributed by atoms with E-state index in [0.29, 0.717) is 11.5 Å². The number of hydrogen-bond acceptors (Lipinski definition) is 0. The third-order valence-electron chi connectivity index (χ3n) is 3.13. The molecule has 2 rings (SSSR count). The van der Waals surface area contributed by atoms with Crippen LogP contribution in [0, 0.1) is 24.1 Å². The first-order valence-corrected chi connectivity index (χ1v) is 5.63. The molecule has 0 aliphatic heterocycles. The topological polar surface area (TPSA) is 0 Å². The molecular formula is C15H15F. The van der Waals surface area contributed by atoms with Gasteiger partial charge in [-0.05, 0) is 35.3 Å². The molecule has 0 fully saturated rings. The van der Waals surface area contributed by atoms with E-state index in [4.69, 9.17) is 6.42 Å². The van der Waals surface area contributed by atoms with E-state index >= 15 is 0 Å². The first-order chi connectivity index (χ1) is 7.65. The van der Waals surface area contributed by atoms with Crippen LogP contribution in [0.5, 0.6) is 0 Å². The van der Waals surface area contributed by atoms with Crippen LogP contribution in [0.2, 0.25) is 0 Å². The van der Waals surface area contributed by atoms with Gasteiger partial charge in [-0.2, -0.15) is 0 Å². The van der Waals surface area contributed by atoms with Crippen molar-refractivity contribution in [2.45, 2.75) is 26.7 Å². The van der Waals surface area contributed by atoms with E-state index in [1.165, 1.54) is 11.6 Å². The largest absolute Gasteiger partial charge is 0.206 e. The predicted octanol–water partition coefficient (Wildman–Crippen LogP) is 2.19. The summed E-state index contributed by atoms with van der Waals surface area (Å²) >= 11 is 0. The molecule has 0 saturated heterocycles. The van der Waals surface area contributed by atoms with Gasteiger partial charge in [0.2, 0.25) is 0 Å². The predicted molar refractivity (Wildman–Crippen MR) is 65.5 cm³/mol. The van der Waals surface area contributed by atoms with Crippen LogP contribution in [-0.4, -0.2) is 0 Å². The molecule has 0 spiro atoms. The van der Waals surface area contributed by atoms with Gasteiger partial charge in [0.05, 0.1) is 5.56 Å². The van der Waals surface area contributed by atoms with Gasteiger partial charge >= 0.3 is 0 Å². The molecule has 0 heterocycles. The molecular weight excluding hydrogens is 199 g/mol. The minimum absolute atomic E-state index is 0.283. The molecule has 0 saturated carbocycles. The molecule has 0 amide bonds. The second kappa shape index (κ2) is 4.14. The lowest BCUT2D eigenvalue weighted by atomic mass is 9.89. The van der Waals surface area contributed by atoms with Crippen molar-refractivity contribution in [3.63, 3.8) is 0 Å². The van der Waals surface area contributed by atoms with Crippen LogP contribution < -0.4 is 10.4 Å². The SMILES string of the molecule is C#Cc1c(F)ccc2c1=C(C(C)C)CCC=2. The van der Waals surface area contributed by atoms with Crippen LogP contribution in [0.15, 0.2) is 12.1 Å². The second-order valence-corrected chi connectivity index (χ2v) is 4.45. The summed E-state index contributed by atoms with van der Waals surface area (Å²) in [6, 6.07) is 3.29. The van der Waals surface area contributed by atoms with Crippen molar-refractivity contribution in [2.24, 2.45) is 5.92 Å². The summed E-state index contributed by atoms with van der Waals surface area (Å²) in [4.78, 5) is 0. The second-order valence-electron chi connectivity index (χ2n) is 4.45. The Bertz CT molecular complexity index is 571. The molecule has 1 aliphatic rings. The normalized spacial score (nSPS) is 14.3. The van der Waals surface area contributed by atoms with Gasteiger partial charge in [-0.15, -0.1) is 6.42 Å². The Morgan fingerprint density at radius 2 is 2.12 bits per heavy atom. The number of halogens is 1. The summed E-state index contributed by atoms with van der Waals surface area (Å²) in [5.74, 6) is 2.63. The fourth-order valence-corrected chi connectivity index (χ4v) is 2.34. The van der Waals surface area contributed by atoms with E-state index < -0.39 is 0 Å². The summed E-state index contributed by atoms with van der Waals surface area (Å²) in [6.45, 7) is 4.27. The highest BCUT2D eigenvalue weighted by atomic mass is 19.1. The maximum atomic E-state index is 13.6. The van der Waals surface area contributed by atoms with Crippen molar-refractivity contribution < 1.29 is 4.39 Å². The highest BCUT2D eigenvalue weighted by Crippen LogP contribution is 2.18. The van der Waals surface area contributed by atoms with Gasteiger partial charge in [-0.1, -0.05) is 37.5 Å². The van der Waals surface area contributed by atoms with Crippen molar-refractivity contribution in [2.75, 3.05) is 0 Å². The molecule has 1 aromatic rings. The van der Waals surface area contributed by atoms with Crippen molar-refractivity contribution in [3.8, 4) is 12.3 Å². The van der Waals surface area contributed by atoms with Crippen LogP contribution in [0.4, 0.5) is 4.39 Å². The third kappa shape index (κ3) is 1.65. The zero-order valence-corrected chi connectivity index (χ0v) is 9.68. The van der Waals surface area contributed by atoms with Gasteiger partial charge in [0, 0.05) is 0 Å². The Labute approximate surface area is 95.5 Å². The highest BCUT2D eigenvalue weighted by Gasteiger charge is 2.12. The average Bonchev–Trinajstić information content (AvgIpc) is 2.28. The molecule has 1 aromatic carbocycles. The molecule has 0 bridgehead atoms. The minimum Gasteiger partial charge on any atom is -0.206 e. The first-order valence-electron chi connectivity index (χ1n) is 5.63. The lowest BCUT2D eigenvalue weighted by Gasteiger charge is -2.16. The van der Waals surface area contributed by atoms with E-state index in [2.05, 4.69) is 25.8 Å². The minimum atomic E-state index is -0.283. The maximum absolute atomic E-state index is 13.6. The molecule has 16 heavy (non-hydrogen) atoms. The van der Waals surface area contributed by atoms with Gasteiger partial charge in [0.15, 0.2) is 0 Å². The standard InChI is InChI=1S/C15H15F/c1-4-12-14(16)9-8-11-6-5-7-13(10(2)3)15(11)12/h1,6,8-10H,5,7H2,2-3H3. The van der Waals surface area contributed by atoms with Crippen LogP contribution >= 0.6 is 0 Å². The number of benzene rings is 1. The van der Waals surface area contributed by atoms with Crippen molar-refractivity contribution in [1.82, 2.24) is 0 Å². The molecule has 1 heteroatoms. The number of terminal acetylenes is 1. The molecule has 0 nitrogen and oxygen atoms in total. The van der Waals surface area contributed by atoms with Crippen LogP contribution in [0.25, 0.3) is 11.6 Å². The van der Waals surface area contributed by atoms with E-state index in [9.17, 15) is 4.39 Å². The summed E-state index contributed by atoms with van der Waals surface area (Å²) in [6.07, 6.45) is 9.57. The Morgan fingerprint density at radius 1 is 1.38 bits per heavy atom. The van der Waals surface area contributed by atoms with Gasteiger partial charge in [0.1, 0.15) is 5.82 Å². The number of fused-ring (bicyclic) bond motifs is 1. The molecule has 0 radical (unpaired) electrons. The number of hydrogen-bond donors (Lipinski definition) is 0. The molecule has 82 valence electrons. The third-order valence-corrected chi connectivity index (χ3v) is 3.13. The first kappa shape index (κ1) is 11.0. The Balaban J connectivity index is 2.96. The lowest BCUT2D eigenvalue weighted by molar-refractivity contribution is 0.621. The summed E-state index contributed by atoms with van der Waals surface area (Å²) in [7, 11) is 0. The monoisotopic (exact) mass is 214 g/mol. The Kier molecular flexibility index (Phi) is 2.83. The zero-order valence-electron chi connectivity index (χ0n) is 9.68. The summed E-state index contributed by atoms with van der Waals surface area (Å²) in [5.41, 5.74) is 1.71.